The number of aliphatic hydroxyl groups is 1. The van der Waals surface area contributed by atoms with E-state index in [2.05, 4.69) is 38.1 Å². The minimum Gasteiger partial charge on any atom is -0.392 e. The van der Waals surface area contributed by atoms with Crippen molar-refractivity contribution in [3.8, 4) is 11.1 Å². The largest absolute Gasteiger partial charge is 0.392 e. The van der Waals surface area contributed by atoms with Gasteiger partial charge in [0.2, 0.25) is 0 Å². The molecule has 22 heavy (non-hydrogen) atoms. The molecular weight excluding hydrogens is 276 g/mol. The number of hydrogen-bond donors (Lipinski definition) is 1. The fourth-order valence-electron chi connectivity index (χ4n) is 3.09. The van der Waals surface area contributed by atoms with E-state index in [1.54, 1.807) is 0 Å². The van der Waals surface area contributed by atoms with E-state index in [1.165, 1.54) is 11.1 Å². The predicted molar refractivity (Wildman–Crippen MR) is 86.4 cm³/mol. The Bertz CT molecular complexity index is 657. The Balaban J connectivity index is 1.98. The molecule has 0 radical (unpaired) electrons. The van der Waals surface area contributed by atoms with E-state index in [1.807, 2.05) is 18.2 Å². The van der Waals surface area contributed by atoms with Crippen LogP contribution >= 0.6 is 0 Å². The molecule has 1 N–H and O–H groups in total. The van der Waals surface area contributed by atoms with Gasteiger partial charge in [-0.15, -0.1) is 0 Å². The van der Waals surface area contributed by atoms with E-state index in [4.69, 9.17) is 9.47 Å². The molecule has 0 aromatic heterocycles. The van der Waals surface area contributed by atoms with Crippen LogP contribution in [0.3, 0.4) is 0 Å². The third-order valence-corrected chi connectivity index (χ3v) is 4.31. The summed E-state index contributed by atoms with van der Waals surface area (Å²) in [6.45, 7) is 5.54. The molecule has 0 spiro atoms. The van der Waals surface area contributed by atoms with Crippen molar-refractivity contribution in [1.82, 2.24) is 0 Å². The molecule has 0 atom stereocenters. The summed E-state index contributed by atoms with van der Waals surface area (Å²) < 4.78 is 11.7. The molecule has 0 bridgehead atoms. The Kier molecular flexibility index (Phi) is 4.30. The van der Waals surface area contributed by atoms with Crippen LogP contribution in [0, 0.1) is 6.92 Å². The van der Waals surface area contributed by atoms with Gasteiger partial charge >= 0.3 is 0 Å². The Labute approximate surface area is 131 Å². The molecule has 116 valence electrons. The first-order chi connectivity index (χ1) is 10.7. The van der Waals surface area contributed by atoms with Gasteiger partial charge in [0.1, 0.15) is 0 Å². The molecule has 2 aromatic rings. The summed E-state index contributed by atoms with van der Waals surface area (Å²) in [4.78, 5) is 0. The minimum atomic E-state index is -0.587. The fraction of sp³-hybridized carbons (Fsp3) is 0.368. The van der Waals surface area contributed by atoms with Crippen LogP contribution in [0.25, 0.3) is 11.1 Å². The molecule has 1 heterocycles. The molecule has 0 amide bonds. The van der Waals surface area contributed by atoms with Crippen molar-refractivity contribution in [3.05, 3.63) is 59.2 Å². The van der Waals surface area contributed by atoms with Gasteiger partial charge in [-0.3, -0.25) is 0 Å². The van der Waals surface area contributed by atoms with E-state index < -0.39 is 5.79 Å². The zero-order valence-electron chi connectivity index (χ0n) is 13.1. The highest BCUT2D eigenvalue weighted by molar-refractivity contribution is 5.68. The summed E-state index contributed by atoms with van der Waals surface area (Å²) in [5, 5.41) is 9.30. The Morgan fingerprint density at radius 2 is 1.86 bits per heavy atom. The second-order valence-electron chi connectivity index (χ2n) is 5.69. The van der Waals surface area contributed by atoms with Gasteiger partial charge in [0, 0.05) is 12.0 Å². The van der Waals surface area contributed by atoms with Crippen molar-refractivity contribution < 1.29 is 14.6 Å². The van der Waals surface area contributed by atoms with Crippen molar-refractivity contribution in [2.45, 2.75) is 32.7 Å². The SMILES string of the molecule is CCC1(c2ccc(-c3cccc(CO)c3)c(C)c2)OCCO1. The zero-order valence-corrected chi connectivity index (χ0v) is 13.1. The van der Waals surface area contributed by atoms with E-state index >= 15 is 0 Å². The molecule has 0 saturated carbocycles. The highest BCUT2D eigenvalue weighted by atomic mass is 16.7. The van der Waals surface area contributed by atoms with Crippen molar-refractivity contribution in [1.29, 1.82) is 0 Å². The number of benzene rings is 2. The summed E-state index contributed by atoms with van der Waals surface area (Å²) in [5.41, 5.74) is 5.47. The van der Waals surface area contributed by atoms with Gasteiger partial charge in [-0.25, -0.2) is 0 Å². The molecule has 0 unspecified atom stereocenters. The molecule has 1 fully saturated rings. The Hall–Kier alpha value is -1.68. The second-order valence-corrected chi connectivity index (χ2v) is 5.69. The lowest BCUT2D eigenvalue weighted by atomic mass is 9.94. The first kappa shape index (κ1) is 15.2. The lowest BCUT2D eigenvalue weighted by molar-refractivity contribution is -0.167. The monoisotopic (exact) mass is 298 g/mol. The number of aliphatic hydroxyl groups excluding tert-OH is 1. The molecule has 1 aliphatic rings. The topological polar surface area (TPSA) is 38.7 Å². The Morgan fingerprint density at radius 1 is 1.09 bits per heavy atom. The van der Waals surface area contributed by atoms with E-state index in [0.29, 0.717) is 13.2 Å². The maximum absolute atomic E-state index is 9.30. The van der Waals surface area contributed by atoms with E-state index in [9.17, 15) is 5.11 Å². The fourth-order valence-corrected chi connectivity index (χ4v) is 3.09. The first-order valence-electron chi connectivity index (χ1n) is 7.78. The Morgan fingerprint density at radius 3 is 2.50 bits per heavy atom. The van der Waals surface area contributed by atoms with Crippen LogP contribution in [0.15, 0.2) is 42.5 Å². The van der Waals surface area contributed by atoms with Crippen molar-refractivity contribution in [2.75, 3.05) is 13.2 Å². The van der Waals surface area contributed by atoms with Crippen molar-refractivity contribution >= 4 is 0 Å². The smallest absolute Gasteiger partial charge is 0.194 e. The second kappa shape index (κ2) is 6.21. The van der Waals surface area contributed by atoms with Gasteiger partial charge in [0.05, 0.1) is 19.8 Å². The highest BCUT2D eigenvalue weighted by Crippen LogP contribution is 2.37. The summed E-state index contributed by atoms with van der Waals surface area (Å²) >= 11 is 0. The third kappa shape index (κ3) is 2.68. The molecule has 1 aliphatic heterocycles. The number of rotatable bonds is 4. The van der Waals surface area contributed by atoms with Crippen LogP contribution in [-0.2, 0) is 21.9 Å². The standard InChI is InChI=1S/C19H22O3/c1-3-19(21-9-10-22-19)17-7-8-18(14(2)11-17)16-6-4-5-15(12-16)13-20/h4-8,11-12,20H,3,9-10,13H2,1-2H3. The van der Waals surface area contributed by atoms with Crippen LogP contribution in [0.2, 0.25) is 0 Å². The van der Waals surface area contributed by atoms with Gasteiger partial charge in [-0.2, -0.15) is 0 Å². The molecule has 3 rings (SSSR count). The summed E-state index contributed by atoms with van der Waals surface area (Å²) in [5.74, 6) is -0.587. The first-order valence-corrected chi connectivity index (χ1v) is 7.78. The van der Waals surface area contributed by atoms with Crippen LogP contribution in [-0.4, -0.2) is 18.3 Å². The van der Waals surface area contributed by atoms with Crippen LogP contribution in [0.4, 0.5) is 0 Å². The molecule has 3 nitrogen and oxygen atoms in total. The average molecular weight is 298 g/mol. The maximum atomic E-state index is 9.30. The van der Waals surface area contributed by atoms with Crippen LogP contribution in [0.5, 0.6) is 0 Å². The number of hydrogen-bond acceptors (Lipinski definition) is 3. The number of aryl methyl sites for hydroxylation is 1. The van der Waals surface area contributed by atoms with Crippen LogP contribution in [0.1, 0.15) is 30.0 Å². The molecule has 3 heteroatoms. The van der Waals surface area contributed by atoms with Gasteiger partial charge in [-0.05, 0) is 35.2 Å². The predicted octanol–water partition coefficient (Wildman–Crippen LogP) is 3.76. The summed E-state index contributed by atoms with van der Waals surface area (Å²) in [6.07, 6.45) is 0.797. The van der Waals surface area contributed by atoms with Crippen LogP contribution < -0.4 is 0 Å². The molecule has 0 aliphatic carbocycles. The average Bonchev–Trinajstić information content (AvgIpc) is 3.05. The molecule has 2 aromatic carbocycles. The molecular formula is C19H22O3. The van der Waals surface area contributed by atoms with E-state index in [0.717, 1.165) is 23.1 Å². The van der Waals surface area contributed by atoms with Gasteiger partial charge in [0.15, 0.2) is 5.79 Å². The quantitative estimate of drug-likeness (QED) is 0.934. The molecule has 1 saturated heterocycles. The minimum absolute atomic E-state index is 0.0611. The van der Waals surface area contributed by atoms with Crippen molar-refractivity contribution in [2.24, 2.45) is 0 Å². The maximum Gasteiger partial charge on any atom is 0.194 e. The van der Waals surface area contributed by atoms with Crippen molar-refractivity contribution in [3.63, 3.8) is 0 Å². The van der Waals surface area contributed by atoms with E-state index in [-0.39, 0.29) is 6.61 Å². The summed E-state index contributed by atoms with van der Waals surface area (Å²) in [6, 6.07) is 14.4. The number of ether oxygens (including phenoxy) is 2. The van der Waals surface area contributed by atoms with Gasteiger partial charge in [0.25, 0.3) is 0 Å². The lowest BCUT2D eigenvalue weighted by Gasteiger charge is -2.27. The summed E-state index contributed by atoms with van der Waals surface area (Å²) in [7, 11) is 0. The normalized spacial score (nSPS) is 16.9. The third-order valence-electron chi connectivity index (χ3n) is 4.31. The lowest BCUT2D eigenvalue weighted by Crippen LogP contribution is -2.26. The van der Waals surface area contributed by atoms with Gasteiger partial charge < -0.3 is 14.6 Å². The highest BCUT2D eigenvalue weighted by Gasteiger charge is 2.36. The zero-order chi connectivity index (χ0) is 15.6. The van der Waals surface area contributed by atoms with Gasteiger partial charge in [-0.1, -0.05) is 43.3 Å².